The highest BCUT2D eigenvalue weighted by Crippen LogP contribution is 2.28. The van der Waals surface area contributed by atoms with Gasteiger partial charge in [-0.3, -0.25) is 10.1 Å². The first-order valence-corrected chi connectivity index (χ1v) is 6.24. The largest absolute Gasteiger partial charge is 0.381 e. The molecule has 1 heterocycles. The SMILES string of the molecule is Cc1cccc(NCC2CCCOC2)c1[N+](=O)[O-]. The Labute approximate surface area is 106 Å². The number of nitro benzene ring substituents is 1. The molecule has 1 saturated heterocycles. The summed E-state index contributed by atoms with van der Waals surface area (Å²) in [5.41, 5.74) is 1.46. The second-order valence-corrected chi connectivity index (χ2v) is 4.69. The molecular weight excluding hydrogens is 232 g/mol. The lowest BCUT2D eigenvalue weighted by molar-refractivity contribution is -0.384. The number of nitrogens with one attached hydrogen (secondary N) is 1. The molecule has 0 aromatic heterocycles. The van der Waals surface area contributed by atoms with Crippen molar-refractivity contribution in [1.82, 2.24) is 0 Å². The van der Waals surface area contributed by atoms with Crippen molar-refractivity contribution in [3.05, 3.63) is 33.9 Å². The van der Waals surface area contributed by atoms with Crippen LogP contribution in [0.2, 0.25) is 0 Å². The molecule has 0 bridgehead atoms. The molecule has 98 valence electrons. The van der Waals surface area contributed by atoms with E-state index in [-0.39, 0.29) is 10.6 Å². The second kappa shape index (κ2) is 5.82. The molecular formula is C13H18N2O3. The van der Waals surface area contributed by atoms with Crippen molar-refractivity contribution >= 4 is 11.4 Å². The van der Waals surface area contributed by atoms with Crippen LogP contribution < -0.4 is 5.32 Å². The number of nitro groups is 1. The van der Waals surface area contributed by atoms with Gasteiger partial charge in [-0.15, -0.1) is 0 Å². The van der Waals surface area contributed by atoms with Gasteiger partial charge in [0.2, 0.25) is 0 Å². The molecule has 0 saturated carbocycles. The molecule has 1 unspecified atom stereocenters. The average Bonchev–Trinajstić information content (AvgIpc) is 2.37. The smallest absolute Gasteiger partial charge is 0.295 e. The maximum Gasteiger partial charge on any atom is 0.295 e. The molecule has 0 spiro atoms. The summed E-state index contributed by atoms with van der Waals surface area (Å²) in [4.78, 5) is 10.7. The molecule has 5 nitrogen and oxygen atoms in total. The van der Waals surface area contributed by atoms with E-state index in [0.29, 0.717) is 17.2 Å². The maximum atomic E-state index is 11.0. The summed E-state index contributed by atoms with van der Waals surface area (Å²) in [5.74, 6) is 0.443. The van der Waals surface area contributed by atoms with Gasteiger partial charge >= 0.3 is 0 Å². The Hall–Kier alpha value is -1.62. The summed E-state index contributed by atoms with van der Waals surface area (Å²) in [5, 5.41) is 14.2. The minimum atomic E-state index is -0.324. The summed E-state index contributed by atoms with van der Waals surface area (Å²) < 4.78 is 5.40. The minimum absolute atomic E-state index is 0.175. The molecule has 1 atom stereocenters. The topological polar surface area (TPSA) is 64.4 Å². The Kier molecular flexibility index (Phi) is 4.15. The molecule has 0 amide bonds. The third-order valence-corrected chi connectivity index (χ3v) is 3.26. The Balaban J connectivity index is 2.04. The zero-order chi connectivity index (χ0) is 13.0. The fourth-order valence-corrected chi connectivity index (χ4v) is 2.27. The van der Waals surface area contributed by atoms with E-state index in [1.165, 1.54) is 0 Å². The molecule has 18 heavy (non-hydrogen) atoms. The van der Waals surface area contributed by atoms with Gasteiger partial charge in [0.25, 0.3) is 5.69 Å². The van der Waals surface area contributed by atoms with E-state index in [0.717, 1.165) is 32.6 Å². The molecule has 1 N–H and O–H groups in total. The molecule has 1 fully saturated rings. The van der Waals surface area contributed by atoms with Crippen LogP contribution in [0, 0.1) is 23.0 Å². The first-order valence-electron chi connectivity index (χ1n) is 6.24. The number of para-hydroxylation sites is 1. The lowest BCUT2D eigenvalue weighted by atomic mass is 10.0. The number of ether oxygens (including phenoxy) is 1. The number of hydrogen-bond acceptors (Lipinski definition) is 4. The van der Waals surface area contributed by atoms with Gasteiger partial charge in [0.05, 0.1) is 11.5 Å². The zero-order valence-electron chi connectivity index (χ0n) is 10.5. The molecule has 1 aliphatic heterocycles. The van der Waals surface area contributed by atoms with Crippen molar-refractivity contribution in [2.45, 2.75) is 19.8 Å². The van der Waals surface area contributed by atoms with Crippen LogP contribution >= 0.6 is 0 Å². The lowest BCUT2D eigenvalue weighted by Gasteiger charge is -2.22. The Morgan fingerprint density at radius 3 is 3.06 bits per heavy atom. The first kappa shape index (κ1) is 12.8. The maximum absolute atomic E-state index is 11.0. The third-order valence-electron chi connectivity index (χ3n) is 3.26. The average molecular weight is 250 g/mol. The summed E-state index contributed by atoms with van der Waals surface area (Å²) in [6, 6.07) is 5.35. The van der Waals surface area contributed by atoms with Crippen molar-refractivity contribution in [2.24, 2.45) is 5.92 Å². The number of rotatable bonds is 4. The standard InChI is InChI=1S/C13H18N2O3/c1-10-4-2-6-12(13(10)15(16)17)14-8-11-5-3-7-18-9-11/h2,4,6,11,14H,3,5,7-9H2,1H3. The predicted molar refractivity (Wildman–Crippen MR) is 69.9 cm³/mol. The number of hydrogen-bond donors (Lipinski definition) is 1. The predicted octanol–water partition coefficient (Wildman–Crippen LogP) is 2.74. The van der Waals surface area contributed by atoms with Gasteiger partial charge in [-0.05, 0) is 31.7 Å². The lowest BCUT2D eigenvalue weighted by Crippen LogP contribution is -2.24. The van der Waals surface area contributed by atoms with Crippen LogP contribution in [0.1, 0.15) is 18.4 Å². The van der Waals surface area contributed by atoms with E-state index >= 15 is 0 Å². The monoisotopic (exact) mass is 250 g/mol. The van der Waals surface area contributed by atoms with Crippen molar-refractivity contribution in [1.29, 1.82) is 0 Å². The Morgan fingerprint density at radius 1 is 1.56 bits per heavy atom. The van der Waals surface area contributed by atoms with Crippen LogP contribution in [0.3, 0.4) is 0 Å². The molecule has 1 aromatic carbocycles. The number of anilines is 1. The van der Waals surface area contributed by atoms with Crippen LogP contribution in [0.25, 0.3) is 0 Å². The van der Waals surface area contributed by atoms with E-state index < -0.39 is 0 Å². The zero-order valence-corrected chi connectivity index (χ0v) is 10.5. The number of nitrogens with zero attached hydrogens (tertiary/aromatic N) is 1. The van der Waals surface area contributed by atoms with E-state index in [9.17, 15) is 10.1 Å². The van der Waals surface area contributed by atoms with Gasteiger partial charge in [-0.25, -0.2) is 0 Å². The highest BCUT2D eigenvalue weighted by molar-refractivity contribution is 5.64. The first-order chi connectivity index (χ1) is 8.68. The normalized spacial score (nSPS) is 19.5. The molecule has 1 aromatic rings. The van der Waals surface area contributed by atoms with Crippen molar-refractivity contribution in [3.63, 3.8) is 0 Å². The summed E-state index contributed by atoms with van der Waals surface area (Å²) in [7, 11) is 0. The van der Waals surface area contributed by atoms with E-state index in [1.807, 2.05) is 6.07 Å². The van der Waals surface area contributed by atoms with Crippen molar-refractivity contribution in [3.8, 4) is 0 Å². The second-order valence-electron chi connectivity index (χ2n) is 4.69. The molecule has 0 aliphatic carbocycles. The van der Waals surface area contributed by atoms with Crippen LogP contribution in [0.5, 0.6) is 0 Å². The van der Waals surface area contributed by atoms with Gasteiger partial charge in [-0.2, -0.15) is 0 Å². The quantitative estimate of drug-likeness (QED) is 0.659. The van der Waals surface area contributed by atoms with E-state index in [2.05, 4.69) is 5.32 Å². The molecule has 1 aliphatic rings. The number of aryl methyl sites for hydroxylation is 1. The van der Waals surface area contributed by atoms with E-state index in [4.69, 9.17) is 4.74 Å². The van der Waals surface area contributed by atoms with Crippen LogP contribution in [0.15, 0.2) is 18.2 Å². The highest BCUT2D eigenvalue weighted by Gasteiger charge is 2.19. The van der Waals surface area contributed by atoms with Crippen LogP contribution in [-0.4, -0.2) is 24.7 Å². The van der Waals surface area contributed by atoms with Crippen molar-refractivity contribution < 1.29 is 9.66 Å². The summed E-state index contributed by atoms with van der Waals surface area (Å²) >= 11 is 0. The molecule has 5 heteroatoms. The van der Waals surface area contributed by atoms with Gasteiger partial charge in [0.15, 0.2) is 0 Å². The fourth-order valence-electron chi connectivity index (χ4n) is 2.27. The van der Waals surface area contributed by atoms with Gasteiger partial charge in [-0.1, -0.05) is 12.1 Å². The molecule has 2 rings (SSSR count). The van der Waals surface area contributed by atoms with Crippen LogP contribution in [-0.2, 0) is 4.74 Å². The summed E-state index contributed by atoms with van der Waals surface area (Å²) in [6.07, 6.45) is 2.19. The van der Waals surface area contributed by atoms with Crippen molar-refractivity contribution in [2.75, 3.05) is 25.1 Å². The Bertz CT molecular complexity index is 428. The van der Waals surface area contributed by atoms with Gasteiger partial charge in [0.1, 0.15) is 5.69 Å². The minimum Gasteiger partial charge on any atom is -0.381 e. The van der Waals surface area contributed by atoms with Gasteiger partial charge < -0.3 is 10.1 Å². The third kappa shape index (κ3) is 2.98. The Morgan fingerprint density at radius 2 is 2.39 bits per heavy atom. The number of benzene rings is 1. The molecule has 0 radical (unpaired) electrons. The summed E-state index contributed by atoms with van der Waals surface area (Å²) in [6.45, 7) is 4.06. The fraction of sp³-hybridized carbons (Fsp3) is 0.538. The van der Waals surface area contributed by atoms with Gasteiger partial charge in [0, 0.05) is 18.7 Å². The highest BCUT2D eigenvalue weighted by atomic mass is 16.6. The van der Waals surface area contributed by atoms with E-state index in [1.54, 1.807) is 19.1 Å². The van der Waals surface area contributed by atoms with Crippen LogP contribution in [0.4, 0.5) is 11.4 Å².